The first-order chi connectivity index (χ1) is 3.93. The van der Waals surface area contributed by atoms with Crippen LogP contribution >= 0.6 is 0 Å². The predicted molar refractivity (Wildman–Crippen MR) is 30.7 cm³/mol. The Labute approximate surface area is 48.7 Å². The zero-order valence-electron chi connectivity index (χ0n) is 4.92. The summed E-state index contributed by atoms with van der Waals surface area (Å²) in [5.74, 6) is 0.854. The lowest BCUT2D eigenvalue weighted by Crippen LogP contribution is -2.04. The molecule has 45 valence electrons. The first-order valence-corrected chi connectivity index (χ1v) is 2.71. The third kappa shape index (κ3) is 1.12. The van der Waals surface area contributed by atoms with Gasteiger partial charge in [0.05, 0.1) is 0 Å². The maximum absolute atomic E-state index is 4.52. The van der Waals surface area contributed by atoms with Crippen LogP contribution in [0.25, 0.3) is 0 Å². The van der Waals surface area contributed by atoms with E-state index in [1.165, 1.54) is 0 Å². The SMILES string of the molecule is CO/N=C1/CCC[N]1. The molecule has 0 aromatic carbocycles. The van der Waals surface area contributed by atoms with Crippen LogP contribution in [0.4, 0.5) is 0 Å². The largest absolute Gasteiger partial charge is 0.398 e. The van der Waals surface area contributed by atoms with E-state index in [4.69, 9.17) is 0 Å². The Bertz CT molecular complexity index is 92.6. The summed E-state index contributed by atoms with van der Waals surface area (Å²) in [5, 5.41) is 7.72. The zero-order chi connectivity index (χ0) is 5.82. The number of amidine groups is 1. The second kappa shape index (κ2) is 2.55. The van der Waals surface area contributed by atoms with Crippen LogP contribution in [-0.2, 0) is 4.84 Å². The van der Waals surface area contributed by atoms with Crippen molar-refractivity contribution in [3.63, 3.8) is 0 Å². The lowest BCUT2D eigenvalue weighted by Gasteiger charge is -1.89. The molecule has 3 heteroatoms. The molecule has 1 fully saturated rings. The second-order valence-corrected chi connectivity index (χ2v) is 1.68. The van der Waals surface area contributed by atoms with Gasteiger partial charge in [-0.1, -0.05) is 5.16 Å². The highest BCUT2D eigenvalue weighted by Gasteiger charge is 2.07. The molecule has 0 spiro atoms. The molecule has 0 N–H and O–H groups in total. The highest BCUT2D eigenvalue weighted by Crippen LogP contribution is 1.99. The second-order valence-electron chi connectivity index (χ2n) is 1.68. The quantitative estimate of drug-likeness (QED) is 0.452. The van der Waals surface area contributed by atoms with Crippen molar-refractivity contribution in [3.05, 3.63) is 0 Å². The minimum Gasteiger partial charge on any atom is -0.398 e. The summed E-state index contributed by atoms with van der Waals surface area (Å²) >= 11 is 0. The number of hydrogen-bond donors (Lipinski definition) is 0. The van der Waals surface area contributed by atoms with Crippen molar-refractivity contribution >= 4 is 5.84 Å². The van der Waals surface area contributed by atoms with Crippen molar-refractivity contribution in [3.8, 4) is 0 Å². The Morgan fingerprint density at radius 1 is 1.75 bits per heavy atom. The molecular weight excluding hydrogens is 104 g/mol. The van der Waals surface area contributed by atoms with Crippen molar-refractivity contribution in [1.82, 2.24) is 5.32 Å². The number of oxime groups is 1. The summed E-state index contributed by atoms with van der Waals surface area (Å²) in [6.45, 7) is 0.919. The van der Waals surface area contributed by atoms with Crippen LogP contribution in [-0.4, -0.2) is 19.5 Å². The minimum absolute atomic E-state index is 0.854. The van der Waals surface area contributed by atoms with Gasteiger partial charge in [0.15, 0.2) is 5.84 Å². The Morgan fingerprint density at radius 3 is 3.12 bits per heavy atom. The summed E-state index contributed by atoms with van der Waals surface area (Å²) in [6.07, 6.45) is 2.11. The Balaban J connectivity index is 2.33. The Morgan fingerprint density at radius 2 is 2.62 bits per heavy atom. The minimum atomic E-state index is 0.854. The Hall–Kier alpha value is -0.730. The maximum Gasteiger partial charge on any atom is 0.163 e. The van der Waals surface area contributed by atoms with Gasteiger partial charge in [0.25, 0.3) is 0 Å². The van der Waals surface area contributed by atoms with Crippen molar-refractivity contribution in [2.75, 3.05) is 13.7 Å². The molecule has 1 aliphatic heterocycles. The van der Waals surface area contributed by atoms with Crippen LogP contribution in [0.15, 0.2) is 5.16 Å². The summed E-state index contributed by atoms with van der Waals surface area (Å²) in [7, 11) is 1.54. The molecule has 0 aromatic rings. The highest BCUT2D eigenvalue weighted by molar-refractivity contribution is 5.82. The van der Waals surface area contributed by atoms with Crippen LogP contribution in [0.2, 0.25) is 0 Å². The van der Waals surface area contributed by atoms with Crippen LogP contribution in [0.1, 0.15) is 12.8 Å². The van der Waals surface area contributed by atoms with Crippen LogP contribution in [0, 0.1) is 0 Å². The predicted octanol–water partition coefficient (Wildman–Crippen LogP) is 0.345. The van der Waals surface area contributed by atoms with Crippen molar-refractivity contribution in [2.45, 2.75) is 12.8 Å². The molecule has 8 heavy (non-hydrogen) atoms. The molecule has 3 nitrogen and oxygen atoms in total. The fourth-order valence-corrected chi connectivity index (χ4v) is 0.704. The highest BCUT2D eigenvalue weighted by atomic mass is 16.6. The molecule has 0 amide bonds. The molecule has 0 saturated carbocycles. The van der Waals surface area contributed by atoms with Gasteiger partial charge < -0.3 is 4.84 Å². The van der Waals surface area contributed by atoms with E-state index in [1.807, 2.05) is 0 Å². The summed E-state index contributed by atoms with van der Waals surface area (Å²) in [4.78, 5) is 4.52. The topological polar surface area (TPSA) is 35.7 Å². The first kappa shape index (κ1) is 5.41. The van der Waals surface area contributed by atoms with Crippen LogP contribution in [0.5, 0.6) is 0 Å². The molecule has 1 rings (SSSR count). The number of rotatable bonds is 1. The monoisotopic (exact) mass is 113 g/mol. The average molecular weight is 113 g/mol. The first-order valence-electron chi connectivity index (χ1n) is 2.71. The zero-order valence-corrected chi connectivity index (χ0v) is 4.92. The lowest BCUT2D eigenvalue weighted by atomic mass is 10.4. The molecule has 0 aromatic heterocycles. The molecular formula is C5H9N2O. The van der Waals surface area contributed by atoms with Crippen molar-refractivity contribution < 1.29 is 4.84 Å². The third-order valence-corrected chi connectivity index (χ3v) is 1.05. The van der Waals surface area contributed by atoms with Gasteiger partial charge in [-0.15, -0.1) is 0 Å². The van der Waals surface area contributed by atoms with E-state index in [9.17, 15) is 0 Å². The van der Waals surface area contributed by atoms with E-state index in [0.717, 1.165) is 25.2 Å². The van der Waals surface area contributed by atoms with E-state index in [-0.39, 0.29) is 0 Å². The van der Waals surface area contributed by atoms with Crippen molar-refractivity contribution in [2.24, 2.45) is 5.16 Å². The third-order valence-electron chi connectivity index (χ3n) is 1.05. The molecule has 0 aliphatic carbocycles. The fraction of sp³-hybridized carbons (Fsp3) is 0.800. The fourth-order valence-electron chi connectivity index (χ4n) is 0.704. The molecule has 1 radical (unpaired) electrons. The number of nitrogens with zero attached hydrogens (tertiary/aromatic N) is 2. The van der Waals surface area contributed by atoms with Gasteiger partial charge in [0.1, 0.15) is 7.11 Å². The van der Waals surface area contributed by atoms with Crippen LogP contribution in [0.3, 0.4) is 0 Å². The maximum atomic E-state index is 4.52. The lowest BCUT2D eigenvalue weighted by molar-refractivity contribution is 0.211. The molecule has 0 unspecified atom stereocenters. The van der Waals surface area contributed by atoms with Gasteiger partial charge >= 0.3 is 0 Å². The molecule has 1 heterocycles. The number of hydrogen-bond acceptors (Lipinski definition) is 2. The van der Waals surface area contributed by atoms with E-state index >= 15 is 0 Å². The van der Waals surface area contributed by atoms with E-state index in [0.29, 0.717) is 0 Å². The summed E-state index contributed by atoms with van der Waals surface area (Å²) in [6, 6.07) is 0. The average Bonchev–Trinajstić information content (AvgIpc) is 2.19. The molecule has 1 aliphatic rings. The van der Waals surface area contributed by atoms with Gasteiger partial charge in [0, 0.05) is 13.0 Å². The van der Waals surface area contributed by atoms with E-state index in [1.54, 1.807) is 7.11 Å². The van der Waals surface area contributed by atoms with Gasteiger partial charge in [-0.2, -0.15) is 0 Å². The smallest absolute Gasteiger partial charge is 0.163 e. The van der Waals surface area contributed by atoms with Crippen LogP contribution < -0.4 is 5.32 Å². The molecule has 0 atom stereocenters. The molecule has 1 saturated heterocycles. The van der Waals surface area contributed by atoms with Crippen molar-refractivity contribution in [1.29, 1.82) is 0 Å². The summed E-state index contributed by atoms with van der Waals surface area (Å²) < 4.78 is 0. The molecule has 0 bridgehead atoms. The normalized spacial score (nSPS) is 23.4. The van der Waals surface area contributed by atoms with Gasteiger partial charge in [-0.25, -0.2) is 0 Å². The van der Waals surface area contributed by atoms with E-state index < -0.39 is 0 Å². The van der Waals surface area contributed by atoms with E-state index in [2.05, 4.69) is 15.3 Å². The summed E-state index contributed by atoms with van der Waals surface area (Å²) in [5.41, 5.74) is 0. The Kier molecular flexibility index (Phi) is 1.72. The van der Waals surface area contributed by atoms with Gasteiger partial charge in [-0.05, 0) is 6.42 Å². The van der Waals surface area contributed by atoms with Gasteiger partial charge in [-0.3, -0.25) is 5.32 Å². The van der Waals surface area contributed by atoms with Gasteiger partial charge in [0.2, 0.25) is 0 Å². The standard InChI is InChI=1S/C5H9N2O/c1-8-7-5-3-2-4-6-5/h2-4H2,1H3/b7-5-.